The lowest BCUT2D eigenvalue weighted by molar-refractivity contribution is -0.0746. The normalized spacial score (nSPS) is 32.0. The maximum Gasteiger partial charge on any atom is 0.0829 e. The lowest BCUT2D eigenvalue weighted by Crippen LogP contribution is -2.54. The first-order chi connectivity index (χ1) is 8.70. The van der Waals surface area contributed by atoms with Crippen molar-refractivity contribution in [1.29, 1.82) is 0 Å². The predicted octanol–water partition coefficient (Wildman–Crippen LogP) is 1.19. The van der Waals surface area contributed by atoms with Crippen LogP contribution in [0.5, 0.6) is 0 Å². The van der Waals surface area contributed by atoms with Gasteiger partial charge in [-0.25, -0.2) is 0 Å². The maximum atomic E-state index is 5.91. The summed E-state index contributed by atoms with van der Waals surface area (Å²) in [4.78, 5) is 5.02. The summed E-state index contributed by atoms with van der Waals surface area (Å²) in [6.45, 7) is 11.3. The third kappa shape index (κ3) is 3.90. The van der Waals surface area contributed by atoms with Gasteiger partial charge in [0, 0.05) is 43.6 Å². The molecule has 0 aliphatic carbocycles. The van der Waals surface area contributed by atoms with Crippen LogP contribution in [0.4, 0.5) is 0 Å². The van der Waals surface area contributed by atoms with E-state index >= 15 is 0 Å². The van der Waals surface area contributed by atoms with Gasteiger partial charge < -0.3 is 9.47 Å². The minimum atomic E-state index is 0.348. The van der Waals surface area contributed by atoms with Gasteiger partial charge in [-0.05, 0) is 13.8 Å². The zero-order valence-electron chi connectivity index (χ0n) is 11.5. The molecule has 2 unspecified atom stereocenters. The number of halogens is 1. The van der Waals surface area contributed by atoms with Crippen LogP contribution in [0.25, 0.3) is 0 Å². The van der Waals surface area contributed by atoms with Crippen LogP contribution in [0.1, 0.15) is 13.8 Å². The summed E-state index contributed by atoms with van der Waals surface area (Å²) in [7, 11) is 0. The Balaban J connectivity index is 1.84. The fraction of sp³-hybridized carbons (Fsp3) is 1.00. The Labute approximate surface area is 119 Å². The summed E-state index contributed by atoms with van der Waals surface area (Å²) in [6, 6.07) is 1.12. The second-order valence-electron chi connectivity index (χ2n) is 5.46. The fourth-order valence-electron chi connectivity index (χ4n) is 2.65. The third-order valence-electron chi connectivity index (χ3n) is 3.87. The van der Waals surface area contributed by atoms with E-state index in [1.165, 1.54) is 0 Å². The van der Waals surface area contributed by atoms with Gasteiger partial charge in [0.05, 0.1) is 25.9 Å². The molecule has 4 nitrogen and oxygen atoms in total. The van der Waals surface area contributed by atoms with Crippen LogP contribution >= 0.6 is 15.9 Å². The molecule has 2 fully saturated rings. The number of rotatable bonds is 4. The molecule has 2 atom stereocenters. The highest BCUT2D eigenvalue weighted by Crippen LogP contribution is 2.14. The number of hydrogen-bond acceptors (Lipinski definition) is 4. The number of ether oxygens (including phenoxy) is 2. The van der Waals surface area contributed by atoms with Crippen LogP contribution < -0.4 is 0 Å². The number of morpholine rings is 2. The van der Waals surface area contributed by atoms with Crippen LogP contribution in [0.15, 0.2) is 0 Å². The summed E-state index contributed by atoms with van der Waals surface area (Å²) in [5.41, 5.74) is 0. The molecule has 0 N–H and O–H groups in total. The lowest BCUT2D eigenvalue weighted by Gasteiger charge is -2.41. The van der Waals surface area contributed by atoms with Crippen molar-refractivity contribution >= 4 is 15.9 Å². The highest BCUT2D eigenvalue weighted by atomic mass is 79.9. The van der Waals surface area contributed by atoms with Crippen LogP contribution in [-0.4, -0.2) is 79.3 Å². The Kier molecular flexibility index (Phi) is 5.89. The van der Waals surface area contributed by atoms with Crippen molar-refractivity contribution in [3.63, 3.8) is 0 Å². The van der Waals surface area contributed by atoms with Crippen molar-refractivity contribution in [2.24, 2.45) is 0 Å². The number of nitrogens with zero attached hydrogens (tertiary/aromatic N) is 2. The molecule has 0 aromatic heterocycles. The molecule has 2 aliphatic rings. The van der Waals surface area contributed by atoms with Crippen LogP contribution in [0.3, 0.4) is 0 Å². The molecule has 106 valence electrons. The molecular formula is C13H25BrN2O2. The Hall–Kier alpha value is 0.320. The van der Waals surface area contributed by atoms with Crippen molar-refractivity contribution in [2.45, 2.75) is 32.0 Å². The first-order valence-electron chi connectivity index (χ1n) is 6.94. The Bertz CT molecular complexity index is 253. The molecule has 0 aromatic rings. The van der Waals surface area contributed by atoms with Crippen molar-refractivity contribution in [1.82, 2.24) is 9.80 Å². The van der Waals surface area contributed by atoms with Crippen molar-refractivity contribution < 1.29 is 9.47 Å². The topological polar surface area (TPSA) is 24.9 Å². The van der Waals surface area contributed by atoms with Gasteiger partial charge >= 0.3 is 0 Å². The van der Waals surface area contributed by atoms with Crippen molar-refractivity contribution in [3.8, 4) is 0 Å². The molecule has 0 amide bonds. The highest BCUT2D eigenvalue weighted by molar-refractivity contribution is 9.09. The Morgan fingerprint density at radius 2 is 2.11 bits per heavy atom. The lowest BCUT2D eigenvalue weighted by atomic mass is 10.2. The first-order valence-corrected chi connectivity index (χ1v) is 8.06. The second kappa shape index (κ2) is 7.20. The van der Waals surface area contributed by atoms with E-state index in [0.29, 0.717) is 18.2 Å². The summed E-state index contributed by atoms with van der Waals surface area (Å²) >= 11 is 3.58. The van der Waals surface area contributed by atoms with Gasteiger partial charge in [-0.15, -0.1) is 0 Å². The standard InChI is InChI=1S/C13H25BrN2O2/c1-11(2)15-4-6-18-13(8-15)9-16-3-5-17-10-12(16)7-14/h11-13H,3-10H2,1-2H3. The van der Waals surface area contributed by atoms with Gasteiger partial charge in [0.2, 0.25) is 0 Å². The van der Waals surface area contributed by atoms with E-state index in [0.717, 1.165) is 51.3 Å². The SMILES string of the molecule is CC(C)N1CCOC(CN2CCOCC2CBr)C1. The average Bonchev–Trinajstić information content (AvgIpc) is 2.39. The Morgan fingerprint density at radius 3 is 2.83 bits per heavy atom. The van der Waals surface area contributed by atoms with Gasteiger partial charge in [-0.2, -0.15) is 0 Å². The van der Waals surface area contributed by atoms with Gasteiger partial charge in [0.15, 0.2) is 0 Å². The predicted molar refractivity (Wildman–Crippen MR) is 76.4 cm³/mol. The molecule has 5 heteroatoms. The largest absolute Gasteiger partial charge is 0.378 e. The molecule has 2 saturated heterocycles. The van der Waals surface area contributed by atoms with E-state index in [1.54, 1.807) is 0 Å². The minimum Gasteiger partial charge on any atom is -0.378 e. The second-order valence-corrected chi connectivity index (χ2v) is 6.11. The third-order valence-corrected chi connectivity index (χ3v) is 4.61. The van der Waals surface area contributed by atoms with Gasteiger partial charge in [0.25, 0.3) is 0 Å². The van der Waals surface area contributed by atoms with E-state index in [-0.39, 0.29) is 0 Å². The summed E-state index contributed by atoms with van der Waals surface area (Å²) in [5, 5.41) is 0.980. The molecule has 0 aromatic carbocycles. The van der Waals surface area contributed by atoms with E-state index in [1.807, 2.05) is 0 Å². The fourth-order valence-corrected chi connectivity index (χ4v) is 3.25. The van der Waals surface area contributed by atoms with Crippen LogP contribution in [-0.2, 0) is 9.47 Å². The van der Waals surface area contributed by atoms with Crippen molar-refractivity contribution in [2.75, 3.05) is 51.3 Å². The molecule has 0 saturated carbocycles. The first kappa shape index (κ1) is 14.7. The van der Waals surface area contributed by atoms with Gasteiger partial charge in [0.1, 0.15) is 0 Å². The highest BCUT2D eigenvalue weighted by Gasteiger charge is 2.28. The van der Waals surface area contributed by atoms with E-state index < -0.39 is 0 Å². The molecular weight excluding hydrogens is 296 g/mol. The molecule has 2 rings (SSSR count). The monoisotopic (exact) mass is 320 g/mol. The maximum absolute atomic E-state index is 5.91. The zero-order valence-corrected chi connectivity index (χ0v) is 13.1. The molecule has 0 radical (unpaired) electrons. The van der Waals surface area contributed by atoms with E-state index in [2.05, 4.69) is 39.6 Å². The number of alkyl halides is 1. The molecule has 0 spiro atoms. The quantitative estimate of drug-likeness (QED) is 0.726. The van der Waals surface area contributed by atoms with E-state index in [4.69, 9.17) is 9.47 Å². The molecule has 18 heavy (non-hydrogen) atoms. The summed E-state index contributed by atoms with van der Waals surface area (Å²) in [6.07, 6.45) is 0.348. The molecule has 2 aliphatic heterocycles. The Morgan fingerprint density at radius 1 is 1.28 bits per heavy atom. The smallest absolute Gasteiger partial charge is 0.0829 e. The van der Waals surface area contributed by atoms with E-state index in [9.17, 15) is 0 Å². The zero-order chi connectivity index (χ0) is 13.0. The number of hydrogen-bond donors (Lipinski definition) is 0. The van der Waals surface area contributed by atoms with Gasteiger partial charge in [-0.3, -0.25) is 9.80 Å². The minimum absolute atomic E-state index is 0.348. The molecule has 2 heterocycles. The van der Waals surface area contributed by atoms with Crippen LogP contribution in [0, 0.1) is 0 Å². The summed E-state index contributed by atoms with van der Waals surface area (Å²) < 4.78 is 11.4. The van der Waals surface area contributed by atoms with Crippen molar-refractivity contribution in [3.05, 3.63) is 0 Å². The van der Waals surface area contributed by atoms with Gasteiger partial charge in [-0.1, -0.05) is 15.9 Å². The van der Waals surface area contributed by atoms with Crippen LogP contribution in [0.2, 0.25) is 0 Å². The molecule has 0 bridgehead atoms. The average molecular weight is 321 g/mol. The summed E-state index contributed by atoms with van der Waals surface area (Å²) in [5.74, 6) is 0.